The summed E-state index contributed by atoms with van der Waals surface area (Å²) >= 11 is 0. The maximum atomic E-state index is 12.5. The predicted molar refractivity (Wildman–Crippen MR) is 93.7 cm³/mol. The molecule has 0 bridgehead atoms. The topological polar surface area (TPSA) is 118 Å². The number of aryl methyl sites for hydroxylation is 2. The van der Waals surface area contributed by atoms with Gasteiger partial charge in [0.25, 0.3) is 5.56 Å². The molecule has 0 saturated carbocycles. The summed E-state index contributed by atoms with van der Waals surface area (Å²) in [7, 11) is 0. The Morgan fingerprint density at radius 3 is 3.07 bits per heavy atom. The summed E-state index contributed by atoms with van der Waals surface area (Å²) in [6.07, 6.45) is 3.56. The molecule has 0 aromatic carbocycles. The lowest BCUT2D eigenvalue weighted by atomic mass is 10.1. The number of hydrogen-bond donors (Lipinski definition) is 1. The van der Waals surface area contributed by atoms with Gasteiger partial charge in [-0.15, -0.1) is 0 Å². The molecule has 0 spiro atoms. The fourth-order valence-electron chi connectivity index (χ4n) is 3.19. The molecular formula is C18H19N5O4. The maximum absolute atomic E-state index is 12.5. The smallest absolute Gasteiger partial charge is 0.254 e. The zero-order valence-electron chi connectivity index (χ0n) is 14.9. The Morgan fingerprint density at radius 1 is 1.37 bits per heavy atom. The van der Waals surface area contributed by atoms with Crippen LogP contribution in [0.4, 0.5) is 0 Å². The first kappa shape index (κ1) is 17.2. The molecule has 0 fully saturated rings. The van der Waals surface area contributed by atoms with Gasteiger partial charge in [0.15, 0.2) is 5.76 Å². The van der Waals surface area contributed by atoms with E-state index < -0.39 is 0 Å². The summed E-state index contributed by atoms with van der Waals surface area (Å²) in [5.41, 5.74) is 1.27. The first-order valence-corrected chi connectivity index (χ1v) is 8.83. The normalized spacial score (nSPS) is 13.6. The summed E-state index contributed by atoms with van der Waals surface area (Å²) in [6.45, 7) is 2.65. The van der Waals surface area contributed by atoms with Crippen LogP contribution in [-0.2, 0) is 24.2 Å². The van der Waals surface area contributed by atoms with E-state index in [0.29, 0.717) is 73.3 Å². The van der Waals surface area contributed by atoms with Crippen LogP contribution in [0.25, 0.3) is 11.6 Å². The van der Waals surface area contributed by atoms with E-state index >= 15 is 0 Å². The minimum atomic E-state index is -0.103. The molecule has 1 N–H and O–H groups in total. The van der Waals surface area contributed by atoms with Gasteiger partial charge < -0.3 is 18.8 Å². The van der Waals surface area contributed by atoms with Crippen LogP contribution in [0.15, 0.2) is 32.1 Å². The number of rotatable bonds is 5. The number of carbonyl (C=O) groups is 1. The summed E-state index contributed by atoms with van der Waals surface area (Å²) in [4.78, 5) is 37.5. The van der Waals surface area contributed by atoms with Crippen LogP contribution in [0, 0.1) is 6.92 Å². The highest BCUT2D eigenvalue weighted by Crippen LogP contribution is 2.18. The fourth-order valence-corrected chi connectivity index (χ4v) is 3.19. The molecule has 3 aromatic heterocycles. The van der Waals surface area contributed by atoms with Gasteiger partial charge in [0.2, 0.25) is 17.6 Å². The van der Waals surface area contributed by atoms with Crippen molar-refractivity contribution < 1.29 is 13.7 Å². The van der Waals surface area contributed by atoms with Crippen LogP contribution < -0.4 is 5.56 Å². The number of fused-ring (bicyclic) bond motifs is 1. The lowest BCUT2D eigenvalue weighted by molar-refractivity contribution is -0.132. The van der Waals surface area contributed by atoms with Gasteiger partial charge in [-0.2, -0.15) is 4.98 Å². The van der Waals surface area contributed by atoms with Gasteiger partial charge in [0.05, 0.1) is 18.5 Å². The van der Waals surface area contributed by atoms with Crippen LogP contribution in [0.5, 0.6) is 0 Å². The van der Waals surface area contributed by atoms with Gasteiger partial charge in [-0.1, -0.05) is 5.16 Å². The van der Waals surface area contributed by atoms with Crippen molar-refractivity contribution >= 4 is 5.91 Å². The largest absolute Gasteiger partial charge is 0.461 e. The molecule has 0 saturated heterocycles. The highest BCUT2D eigenvalue weighted by molar-refractivity contribution is 5.76. The molecule has 0 aliphatic carbocycles. The number of aromatic nitrogens is 4. The molecule has 27 heavy (non-hydrogen) atoms. The Labute approximate surface area is 154 Å². The van der Waals surface area contributed by atoms with Crippen LogP contribution in [0.3, 0.4) is 0 Å². The zero-order chi connectivity index (χ0) is 18.8. The molecule has 9 nitrogen and oxygen atoms in total. The quantitative estimate of drug-likeness (QED) is 0.726. The molecule has 1 aliphatic rings. The number of nitrogens with one attached hydrogen (secondary N) is 1. The second-order valence-corrected chi connectivity index (χ2v) is 6.48. The number of aromatic amines is 1. The Bertz CT molecular complexity index is 1010. The second-order valence-electron chi connectivity index (χ2n) is 6.48. The summed E-state index contributed by atoms with van der Waals surface area (Å²) in [5.74, 6) is 2.02. The van der Waals surface area contributed by atoms with E-state index in [9.17, 15) is 9.59 Å². The van der Waals surface area contributed by atoms with Crippen molar-refractivity contribution in [1.82, 2.24) is 25.0 Å². The first-order chi connectivity index (χ1) is 13.1. The van der Waals surface area contributed by atoms with E-state index in [-0.39, 0.29) is 11.5 Å². The van der Waals surface area contributed by atoms with Gasteiger partial charge in [0, 0.05) is 24.9 Å². The Morgan fingerprint density at radius 2 is 2.26 bits per heavy atom. The highest BCUT2D eigenvalue weighted by atomic mass is 16.5. The van der Waals surface area contributed by atoms with Gasteiger partial charge in [-0.3, -0.25) is 9.59 Å². The van der Waals surface area contributed by atoms with E-state index in [1.807, 2.05) is 0 Å². The third-order valence-corrected chi connectivity index (χ3v) is 4.54. The highest BCUT2D eigenvalue weighted by Gasteiger charge is 2.23. The Balaban J connectivity index is 1.32. The third-order valence-electron chi connectivity index (χ3n) is 4.54. The van der Waals surface area contributed by atoms with E-state index in [2.05, 4.69) is 20.1 Å². The van der Waals surface area contributed by atoms with Crippen molar-refractivity contribution in [2.45, 2.75) is 39.2 Å². The van der Waals surface area contributed by atoms with Gasteiger partial charge in [-0.05, 0) is 31.9 Å². The molecule has 9 heteroatoms. The van der Waals surface area contributed by atoms with E-state index in [1.54, 1.807) is 30.2 Å². The number of carbonyl (C=O) groups excluding carboxylic acids is 1. The van der Waals surface area contributed by atoms with Crippen LogP contribution in [0.1, 0.15) is 35.8 Å². The van der Waals surface area contributed by atoms with Crippen LogP contribution >= 0.6 is 0 Å². The van der Waals surface area contributed by atoms with Crippen LogP contribution in [-0.4, -0.2) is 37.5 Å². The minimum absolute atomic E-state index is 0.0335. The number of amides is 1. The lowest BCUT2D eigenvalue weighted by Crippen LogP contribution is -2.39. The second kappa shape index (κ2) is 7.18. The number of H-pyrrole nitrogens is 1. The average molecular weight is 369 g/mol. The van der Waals surface area contributed by atoms with Crippen molar-refractivity contribution in [3.05, 3.63) is 51.7 Å². The average Bonchev–Trinajstić information content (AvgIpc) is 3.32. The van der Waals surface area contributed by atoms with Crippen molar-refractivity contribution in [2.75, 3.05) is 6.54 Å². The number of furan rings is 1. The number of hydrogen-bond acceptors (Lipinski definition) is 7. The molecule has 0 unspecified atom stereocenters. The van der Waals surface area contributed by atoms with E-state index in [1.165, 1.54) is 0 Å². The Hall–Kier alpha value is -3.23. The van der Waals surface area contributed by atoms with E-state index in [4.69, 9.17) is 8.94 Å². The van der Waals surface area contributed by atoms with Crippen molar-refractivity contribution in [2.24, 2.45) is 0 Å². The van der Waals surface area contributed by atoms with Gasteiger partial charge in [0.1, 0.15) is 5.82 Å². The van der Waals surface area contributed by atoms with Gasteiger partial charge in [-0.25, -0.2) is 4.98 Å². The van der Waals surface area contributed by atoms with E-state index in [0.717, 1.165) is 0 Å². The van der Waals surface area contributed by atoms with Gasteiger partial charge >= 0.3 is 0 Å². The minimum Gasteiger partial charge on any atom is -0.461 e. The molecule has 3 aromatic rings. The molecule has 1 amide bonds. The summed E-state index contributed by atoms with van der Waals surface area (Å²) < 4.78 is 10.4. The van der Waals surface area contributed by atoms with Crippen molar-refractivity contribution in [3.8, 4) is 11.6 Å². The summed E-state index contributed by atoms with van der Waals surface area (Å²) in [6, 6.07) is 3.51. The summed E-state index contributed by atoms with van der Waals surface area (Å²) in [5, 5.41) is 3.87. The maximum Gasteiger partial charge on any atom is 0.254 e. The first-order valence-electron chi connectivity index (χ1n) is 8.83. The predicted octanol–water partition coefficient (Wildman–Crippen LogP) is 1.63. The van der Waals surface area contributed by atoms with Crippen molar-refractivity contribution in [1.29, 1.82) is 0 Å². The molecule has 1 aliphatic heterocycles. The fraction of sp³-hybridized carbons (Fsp3) is 0.389. The monoisotopic (exact) mass is 369 g/mol. The molecule has 140 valence electrons. The zero-order valence-corrected chi connectivity index (χ0v) is 14.9. The molecule has 0 atom stereocenters. The Kier molecular flexibility index (Phi) is 4.57. The standard InChI is InChI=1S/C18H19N5O4/c1-11-19-13-10-23(8-7-12(13)18(25)20-11)16(24)6-2-5-15-21-17(22-27-15)14-4-3-9-26-14/h3-4,9H,2,5-8,10H2,1H3,(H,19,20,25). The number of nitrogens with zero attached hydrogens (tertiary/aromatic N) is 4. The van der Waals surface area contributed by atoms with Crippen LogP contribution in [0.2, 0.25) is 0 Å². The van der Waals surface area contributed by atoms with Crippen molar-refractivity contribution in [3.63, 3.8) is 0 Å². The molecule has 0 radical (unpaired) electrons. The molecule has 4 rings (SSSR count). The lowest BCUT2D eigenvalue weighted by Gasteiger charge is -2.27. The molecule has 4 heterocycles. The molecular weight excluding hydrogens is 350 g/mol. The SMILES string of the molecule is Cc1nc2c(c(=O)[nH]1)CCN(C(=O)CCCc1nc(-c3ccco3)no1)C2. The third kappa shape index (κ3) is 3.67.